The molecule has 4 heteroatoms. The first-order chi connectivity index (χ1) is 8.15. The number of nitrogens with two attached hydrogens (primary N) is 1. The molecule has 0 aromatic carbocycles. The van der Waals surface area contributed by atoms with E-state index in [1.807, 2.05) is 0 Å². The van der Waals surface area contributed by atoms with Gasteiger partial charge in [0, 0.05) is 19.1 Å². The fraction of sp³-hybridized carbons (Fsp3) is 0.923. The molecule has 0 aliphatic heterocycles. The summed E-state index contributed by atoms with van der Waals surface area (Å²) in [7, 11) is 0. The molecule has 4 nitrogen and oxygen atoms in total. The number of carbonyl (C=O) groups excluding carboxylic acids is 1. The lowest BCUT2D eigenvalue weighted by Crippen LogP contribution is -2.38. The fourth-order valence-corrected chi connectivity index (χ4v) is 2.28. The maximum absolute atomic E-state index is 11.7. The fourth-order valence-electron chi connectivity index (χ4n) is 2.28. The summed E-state index contributed by atoms with van der Waals surface area (Å²) in [5.74, 6) is 1.02. The minimum absolute atomic E-state index is 0.151. The molecule has 0 aromatic rings. The van der Waals surface area contributed by atoms with Gasteiger partial charge in [0.15, 0.2) is 0 Å². The normalized spacial score (nSPS) is 26.5. The summed E-state index contributed by atoms with van der Waals surface area (Å²) >= 11 is 0. The summed E-state index contributed by atoms with van der Waals surface area (Å²) in [6, 6.07) is 0.318. The number of aliphatic hydroxyl groups is 1. The van der Waals surface area contributed by atoms with Crippen LogP contribution in [-0.2, 0) is 4.79 Å². The minimum Gasteiger partial charge on any atom is -0.396 e. The number of rotatable bonds is 6. The first-order valence-electron chi connectivity index (χ1n) is 6.76. The minimum atomic E-state index is 0.151. The molecule has 0 bridgehead atoms. The molecule has 0 spiro atoms. The maximum Gasteiger partial charge on any atom is 0.220 e. The number of carbonyl (C=O) groups is 1. The third-order valence-electron chi connectivity index (χ3n) is 3.74. The van der Waals surface area contributed by atoms with Crippen LogP contribution in [0.3, 0.4) is 0 Å². The maximum atomic E-state index is 11.7. The molecule has 0 heterocycles. The van der Waals surface area contributed by atoms with Crippen LogP contribution < -0.4 is 11.1 Å². The number of hydrogen-bond donors (Lipinski definition) is 3. The number of nitrogens with one attached hydrogen (secondary N) is 1. The van der Waals surface area contributed by atoms with Gasteiger partial charge in [-0.3, -0.25) is 4.79 Å². The van der Waals surface area contributed by atoms with Crippen LogP contribution in [0.4, 0.5) is 0 Å². The zero-order chi connectivity index (χ0) is 12.7. The van der Waals surface area contributed by atoms with E-state index in [2.05, 4.69) is 12.2 Å². The molecule has 1 rings (SSSR count). The Morgan fingerprint density at radius 1 is 1.41 bits per heavy atom. The Labute approximate surface area is 104 Å². The largest absolute Gasteiger partial charge is 0.396 e. The average molecular weight is 242 g/mol. The Morgan fingerprint density at radius 3 is 2.59 bits per heavy atom. The average Bonchev–Trinajstić information content (AvgIpc) is 2.36. The lowest BCUT2D eigenvalue weighted by atomic mass is 9.86. The molecular weight excluding hydrogens is 216 g/mol. The van der Waals surface area contributed by atoms with Crippen molar-refractivity contribution in [2.45, 2.75) is 51.5 Å². The van der Waals surface area contributed by atoms with Crippen molar-refractivity contribution in [3.63, 3.8) is 0 Å². The molecule has 1 amide bonds. The van der Waals surface area contributed by atoms with Crippen molar-refractivity contribution in [3.8, 4) is 0 Å². The summed E-state index contributed by atoms with van der Waals surface area (Å²) in [5, 5.41) is 12.1. The van der Waals surface area contributed by atoms with Gasteiger partial charge < -0.3 is 16.2 Å². The van der Waals surface area contributed by atoms with Crippen LogP contribution in [0.5, 0.6) is 0 Å². The van der Waals surface area contributed by atoms with Crippen molar-refractivity contribution in [3.05, 3.63) is 0 Å². The van der Waals surface area contributed by atoms with Crippen molar-refractivity contribution in [2.75, 3.05) is 13.2 Å². The number of aliphatic hydroxyl groups excluding tert-OH is 1. The highest BCUT2D eigenvalue weighted by molar-refractivity contribution is 5.76. The van der Waals surface area contributed by atoms with Crippen LogP contribution in [0.15, 0.2) is 0 Å². The van der Waals surface area contributed by atoms with E-state index in [0.717, 1.165) is 32.1 Å². The van der Waals surface area contributed by atoms with E-state index < -0.39 is 0 Å². The molecule has 1 saturated carbocycles. The first kappa shape index (κ1) is 14.5. The highest BCUT2D eigenvalue weighted by Gasteiger charge is 2.21. The summed E-state index contributed by atoms with van der Waals surface area (Å²) < 4.78 is 0. The monoisotopic (exact) mass is 242 g/mol. The molecule has 0 aromatic heterocycles. The SMILES string of the molecule is CC(CN)CCC(=O)NC1CCC(CO)CC1. The van der Waals surface area contributed by atoms with Gasteiger partial charge in [0.25, 0.3) is 0 Å². The van der Waals surface area contributed by atoms with Crippen LogP contribution >= 0.6 is 0 Å². The van der Waals surface area contributed by atoms with E-state index in [0.29, 0.717) is 30.8 Å². The Balaban J connectivity index is 2.15. The zero-order valence-electron chi connectivity index (χ0n) is 10.8. The van der Waals surface area contributed by atoms with Gasteiger partial charge in [0.05, 0.1) is 0 Å². The Morgan fingerprint density at radius 2 is 2.06 bits per heavy atom. The van der Waals surface area contributed by atoms with Crippen molar-refractivity contribution in [2.24, 2.45) is 17.6 Å². The summed E-state index contributed by atoms with van der Waals surface area (Å²) in [5.41, 5.74) is 5.52. The quantitative estimate of drug-likeness (QED) is 0.651. The lowest BCUT2D eigenvalue weighted by molar-refractivity contribution is -0.122. The van der Waals surface area contributed by atoms with Crippen LogP contribution in [0, 0.1) is 11.8 Å². The molecule has 1 aliphatic carbocycles. The smallest absolute Gasteiger partial charge is 0.220 e. The van der Waals surface area contributed by atoms with E-state index in [9.17, 15) is 4.79 Å². The van der Waals surface area contributed by atoms with Gasteiger partial charge in [-0.25, -0.2) is 0 Å². The molecule has 1 aliphatic rings. The predicted molar refractivity (Wildman–Crippen MR) is 68.4 cm³/mol. The van der Waals surface area contributed by atoms with Gasteiger partial charge in [-0.2, -0.15) is 0 Å². The van der Waals surface area contributed by atoms with Crippen molar-refractivity contribution in [1.82, 2.24) is 5.32 Å². The highest BCUT2D eigenvalue weighted by Crippen LogP contribution is 2.23. The number of amides is 1. The summed E-state index contributed by atoms with van der Waals surface area (Å²) in [4.78, 5) is 11.7. The van der Waals surface area contributed by atoms with Gasteiger partial charge in [-0.1, -0.05) is 6.92 Å². The second-order valence-electron chi connectivity index (χ2n) is 5.35. The summed E-state index contributed by atoms with van der Waals surface area (Å²) in [6.45, 7) is 3.00. The third kappa shape index (κ3) is 5.50. The standard InChI is InChI=1S/C13H26N2O2/c1-10(8-14)2-7-13(17)15-12-5-3-11(9-16)4-6-12/h10-12,16H,2-9,14H2,1H3,(H,15,17). The molecular formula is C13H26N2O2. The topological polar surface area (TPSA) is 75.4 Å². The van der Waals surface area contributed by atoms with Crippen LogP contribution in [0.25, 0.3) is 0 Å². The molecule has 100 valence electrons. The molecule has 0 radical (unpaired) electrons. The van der Waals surface area contributed by atoms with Gasteiger partial charge in [-0.05, 0) is 50.5 Å². The van der Waals surface area contributed by atoms with Gasteiger partial charge in [-0.15, -0.1) is 0 Å². The zero-order valence-corrected chi connectivity index (χ0v) is 10.8. The van der Waals surface area contributed by atoms with Crippen molar-refractivity contribution < 1.29 is 9.90 Å². The van der Waals surface area contributed by atoms with Crippen LogP contribution in [-0.4, -0.2) is 30.2 Å². The van der Waals surface area contributed by atoms with E-state index in [-0.39, 0.29) is 12.5 Å². The molecule has 1 atom stereocenters. The van der Waals surface area contributed by atoms with Crippen molar-refractivity contribution >= 4 is 5.91 Å². The molecule has 1 fully saturated rings. The highest BCUT2D eigenvalue weighted by atomic mass is 16.3. The molecule has 1 unspecified atom stereocenters. The van der Waals surface area contributed by atoms with Crippen LogP contribution in [0.2, 0.25) is 0 Å². The molecule has 4 N–H and O–H groups in total. The Kier molecular flexibility index (Phi) is 6.52. The predicted octanol–water partition coefficient (Wildman–Crippen LogP) is 1.03. The van der Waals surface area contributed by atoms with Crippen molar-refractivity contribution in [1.29, 1.82) is 0 Å². The lowest BCUT2D eigenvalue weighted by Gasteiger charge is -2.28. The Bertz CT molecular complexity index is 225. The van der Waals surface area contributed by atoms with E-state index in [1.54, 1.807) is 0 Å². The Hall–Kier alpha value is -0.610. The van der Waals surface area contributed by atoms with Gasteiger partial charge >= 0.3 is 0 Å². The summed E-state index contributed by atoms with van der Waals surface area (Å²) in [6.07, 6.45) is 5.51. The van der Waals surface area contributed by atoms with E-state index >= 15 is 0 Å². The van der Waals surface area contributed by atoms with E-state index in [4.69, 9.17) is 10.8 Å². The molecule has 17 heavy (non-hydrogen) atoms. The third-order valence-corrected chi connectivity index (χ3v) is 3.74. The molecule has 0 saturated heterocycles. The first-order valence-corrected chi connectivity index (χ1v) is 6.76. The number of hydrogen-bond acceptors (Lipinski definition) is 3. The second-order valence-corrected chi connectivity index (χ2v) is 5.35. The second kappa shape index (κ2) is 7.67. The van der Waals surface area contributed by atoms with Gasteiger partial charge in [0.2, 0.25) is 5.91 Å². The van der Waals surface area contributed by atoms with E-state index in [1.165, 1.54) is 0 Å². The van der Waals surface area contributed by atoms with Crippen LogP contribution in [0.1, 0.15) is 45.4 Å². The van der Waals surface area contributed by atoms with Gasteiger partial charge in [0.1, 0.15) is 0 Å².